The van der Waals surface area contributed by atoms with E-state index in [0.717, 1.165) is 24.1 Å². The monoisotopic (exact) mass is 250 g/mol. The van der Waals surface area contributed by atoms with Crippen LogP contribution < -0.4 is 11.1 Å². The van der Waals surface area contributed by atoms with E-state index in [-0.39, 0.29) is 11.3 Å². The van der Waals surface area contributed by atoms with Crippen LogP contribution in [0.2, 0.25) is 5.02 Å². The molecule has 1 fully saturated rings. The number of fused-ring (bicyclic) bond motifs is 1. The number of nitrogens with one attached hydrogen (secondary N) is 1. The van der Waals surface area contributed by atoms with Gasteiger partial charge in [0.1, 0.15) is 0 Å². The quantitative estimate of drug-likeness (QED) is 0.846. The topological polar surface area (TPSA) is 55.1 Å². The predicted molar refractivity (Wildman–Crippen MR) is 68.4 cm³/mol. The Morgan fingerprint density at radius 1 is 1.41 bits per heavy atom. The van der Waals surface area contributed by atoms with Gasteiger partial charge >= 0.3 is 0 Å². The number of benzene rings is 1. The summed E-state index contributed by atoms with van der Waals surface area (Å²) in [6.45, 7) is 0.656. The first kappa shape index (κ1) is 11.1. The first-order valence-corrected chi connectivity index (χ1v) is 6.35. The van der Waals surface area contributed by atoms with E-state index >= 15 is 0 Å². The number of amides is 1. The third kappa shape index (κ3) is 1.57. The van der Waals surface area contributed by atoms with Crippen LogP contribution in [0, 0.1) is 0 Å². The Kier molecular flexibility index (Phi) is 2.42. The van der Waals surface area contributed by atoms with Crippen LogP contribution >= 0.6 is 11.6 Å². The molecule has 1 aromatic rings. The third-order valence-corrected chi connectivity index (χ3v) is 4.40. The van der Waals surface area contributed by atoms with Gasteiger partial charge in [-0.25, -0.2) is 0 Å². The van der Waals surface area contributed by atoms with E-state index < -0.39 is 0 Å². The lowest BCUT2D eigenvalue weighted by Gasteiger charge is -2.41. The summed E-state index contributed by atoms with van der Waals surface area (Å²) in [4.78, 5) is 11.4. The molecule has 3 rings (SSSR count). The first-order chi connectivity index (χ1) is 8.14. The number of hydrogen-bond acceptors (Lipinski definition) is 2. The number of nitrogens with two attached hydrogens (primary N) is 1. The van der Waals surface area contributed by atoms with Crippen molar-refractivity contribution in [2.24, 2.45) is 5.73 Å². The lowest BCUT2D eigenvalue weighted by Crippen LogP contribution is -2.41. The summed E-state index contributed by atoms with van der Waals surface area (Å²) in [5.74, 6) is 0.0226. The number of carbonyl (C=O) groups is 1. The van der Waals surface area contributed by atoms with Crippen LogP contribution in [0.25, 0.3) is 0 Å². The number of carbonyl (C=O) groups excluding carboxylic acids is 1. The average Bonchev–Trinajstić information content (AvgIpc) is 2.58. The second-order valence-corrected chi connectivity index (χ2v) is 5.46. The Balaban J connectivity index is 2.06. The van der Waals surface area contributed by atoms with Crippen LogP contribution in [-0.2, 0) is 16.6 Å². The summed E-state index contributed by atoms with van der Waals surface area (Å²) in [5, 5.41) is 3.44. The predicted octanol–water partition coefficient (Wildman–Crippen LogP) is 2.21. The highest BCUT2D eigenvalue weighted by atomic mass is 35.5. The van der Waals surface area contributed by atoms with E-state index in [1.165, 1.54) is 12.0 Å². The Morgan fingerprint density at radius 2 is 2.18 bits per heavy atom. The molecule has 1 heterocycles. The second kappa shape index (κ2) is 3.72. The number of anilines is 1. The van der Waals surface area contributed by atoms with Gasteiger partial charge in [0.25, 0.3) is 0 Å². The third-order valence-electron chi connectivity index (χ3n) is 4.10. The maximum Gasteiger partial charge on any atom is 0.228 e. The molecule has 2 aliphatic rings. The molecule has 4 heteroatoms. The molecule has 90 valence electrons. The minimum Gasteiger partial charge on any atom is -0.330 e. The van der Waals surface area contributed by atoms with Crippen molar-refractivity contribution in [2.75, 3.05) is 11.9 Å². The SMILES string of the molecule is NCC1(c2cc(Cl)c3c(c2)CC(=O)N3)CCC1. The van der Waals surface area contributed by atoms with Crippen LogP contribution in [0.15, 0.2) is 12.1 Å². The first-order valence-electron chi connectivity index (χ1n) is 5.97. The smallest absolute Gasteiger partial charge is 0.228 e. The molecule has 0 aromatic heterocycles. The summed E-state index contributed by atoms with van der Waals surface area (Å²) in [7, 11) is 0. The van der Waals surface area contributed by atoms with E-state index in [4.69, 9.17) is 17.3 Å². The van der Waals surface area contributed by atoms with Crippen molar-refractivity contribution < 1.29 is 4.79 Å². The van der Waals surface area contributed by atoms with Crippen molar-refractivity contribution in [1.29, 1.82) is 0 Å². The Bertz CT molecular complexity index is 489. The molecule has 0 saturated heterocycles. The van der Waals surface area contributed by atoms with E-state index in [0.29, 0.717) is 18.0 Å². The van der Waals surface area contributed by atoms with Crippen molar-refractivity contribution in [3.63, 3.8) is 0 Å². The summed E-state index contributed by atoms with van der Waals surface area (Å²) < 4.78 is 0. The van der Waals surface area contributed by atoms with Gasteiger partial charge in [-0.3, -0.25) is 4.79 Å². The van der Waals surface area contributed by atoms with Gasteiger partial charge in [-0.2, -0.15) is 0 Å². The lowest BCUT2D eigenvalue weighted by molar-refractivity contribution is -0.115. The molecular weight excluding hydrogens is 236 g/mol. The fourth-order valence-corrected chi connectivity index (χ4v) is 3.11. The number of halogens is 1. The largest absolute Gasteiger partial charge is 0.330 e. The van der Waals surface area contributed by atoms with Gasteiger partial charge in [0.05, 0.1) is 17.1 Å². The molecule has 1 aliphatic carbocycles. The van der Waals surface area contributed by atoms with Crippen LogP contribution in [0.3, 0.4) is 0 Å². The minimum atomic E-state index is 0.0226. The molecule has 0 bridgehead atoms. The number of rotatable bonds is 2. The van der Waals surface area contributed by atoms with Crippen LogP contribution in [0.1, 0.15) is 30.4 Å². The molecule has 3 nitrogen and oxygen atoms in total. The molecule has 3 N–H and O–H groups in total. The normalized spacial score (nSPS) is 20.7. The van der Waals surface area contributed by atoms with Gasteiger partial charge in [0, 0.05) is 12.0 Å². The molecule has 1 aromatic carbocycles. The van der Waals surface area contributed by atoms with Gasteiger partial charge in [-0.1, -0.05) is 24.1 Å². The van der Waals surface area contributed by atoms with E-state index in [9.17, 15) is 4.79 Å². The van der Waals surface area contributed by atoms with E-state index in [1.807, 2.05) is 6.07 Å². The van der Waals surface area contributed by atoms with Crippen molar-refractivity contribution in [2.45, 2.75) is 31.1 Å². The van der Waals surface area contributed by atoms with Crippen molar-refractivity contribution in [3.8, 4) is 0 Å². The maximum atomic E-state index is 11.4. The Morgan fingerprint density at radius 3 is 2.76 bits per heavy atom. The molecule has 1 saturated carbocycles. The highest BCUT2D eigenvalue weighted by Gasteiger charge is 2.38. The summed E-state index contributed by atoms with van der Waals surface area (Å²) in [5.41, 5.74) is 9.00. The highest BCUT2D eigenvalue weighted by molar-refractivity contribution is 6.34. The summed E-state index contributed by atoms with van der Waals surface area (Å²) in [6.07, 6.45) is 3.91. The van der Waals surface area contributed by atoms with E-state index in [1.54, 1.807) is 0 Å². The average molecular weight is 251 g/mol. The fourth-order valence-electron chi connectivity index (χ4n) is 2.82. The maximum absolute atomic E-state index is 11.4. The fraction of sp³-hybridized carbons (Fsp3) is 0.462. The van der Waals surface area contributed by atoms with Crippen molar-refractivity contribution >= 4 is 23.2 Å². The highest BCUT2D eigenvalue weighted by Crippen LogP contribution is 2.45. The van der Waals surface area contributed by atoms with Crippen molar-refractivity contribution in [1.82, 2.24) is 0 Å². The summed E-state index contributed by atoms with van der Waals surface area (Å²) in [6, 6.07) is 4.07. The zero-order valence-electron chi connectivity index (χ0n) is 9.55. The van der Waals surface area contributed by atoms with Crippen LogP contribution in [0.5, 0.6) is 0 Å². The van der Waals surface area contributed by atoms with Gasteiger partial charge in [-0.15, -0.1) is 0 Å². The van der Waals surface area contributed by atoms with Gasteiger partial charge in [0.15, 0.2) is 0 Å². The van der Waals surface area contributed by atoms with Crippen molar-refractivity contribution in [3.05, 3.63) is 28.3 Å². The molecule has 0 unspecified atom stereocenters. The molecule has 0 spiro atoms. The zero-order valence-corrected chi connectivity index (χ0v) is 10.3. The van der Waals surface area contributed by atoms with E-state index in [2.05, 4.69) is 11.4 Å². The van der Waals surface area contributed by atoms with Gasteiger partial charge in [-0.05, 0) is 30.0 Å². The standard InChI is InChI=1S/C13H15ClN2O/c14-10-6-9(13(7-15)2-1-3-13)4-8-5-11(17)16-12(8)10/h4,6H,1-3,5,7,15H2,(H,16,17). The Labute approximate surface area is 105 Å². The molecular formula is C13H15ClN2O. The molecule has 1 aliphatic heterocycles. The van der Waals surface area contributed by atoms with Crippen LogP contribution in [0.4, 0.5) is 5.69 Å². The molecule has 0 atom stereocenters. The minimum absolute atomic E-state index is 0.0226. The Hall–Kier alpha value is -1.06. The second-order valence-electron chi connectivity index (χ2n) is 5.06. The zero-order chi connectivity index (χ0) is 12.0. The molecule has 1 amide bonds. The number of hydrogen-bond donors (Lipinski definition) is 2. The van der Waals surface area contributed by atoms with Crippen LogP contribution in [-0.4, -0.2) is 12.5 Å². The lowest BCUT2D eigenvalue weighted by atomic mass is 9.64. The molecule has 0 radical (unpaired) electrons. The molecule has 17 heavy (non-hydrogen) atoms. The van der Waals surface area contributed by atoms with Gasteiger partial charge < -0.3 is 11.1 Å². The summed E-state index contributed by atoms with van der Waals surface area (Å²) >= 11 is 6.23. The van der Waals surface area contributed by atoms with Gasteiger partial charge in [0.2, 0.25) is 5.91 Å².